The third-order valence-corrected chi connectivity index (χ3v) is 4.33. The molecule has 0 amide bonds. The second-order valence-corrected chi connectivity index (χ2v) is 7.00. The van der Waals surface area contributed by atoms with Gasteiger partial charge >= 0.3 is 21.7 Å². The van der Waals surface area contributed by atoms with Crippen molar-refractivity contribution in [2.24, 2.45) is 0 Å². The quantitative estimate of drug-likeness (QED) is 0.307. The number of benzene rings is 1. The van der Waals surface area contributed by atoms with Crippen LogP contribution in [0.1, 0.15) is 11.1 Å². The largest absolute Gasteiger partial charge is 4.00 e. The van der Waals surface area contributed by atoms with Gasteiger partial charge in [0.25, 0.3) is 0 Å². The Labute approximate surface area is 159 Å². The van der Waals surface area contributed by atoms with Gasteiger partial charge in [-0.25, -0.2) is 0 Å². The molecule has 136 valence electrons. The van der Waals surface area contributed by atoms with Crippen molar-refractivity contribution in [1.29, 1.82) is 0 Å². The number of alkyl halides is 1. The Kier molecular flexibility index (Phi) is 23.0. The number of aliphatic hydroxyl groups is 1. The zero-order valence-corrected chi connectivity index (χ0v) is 17.7. The van der Waals surface area contributed by atoms with Gasteiger partial charge in [0.2, 0.25) is 0 Å². The Bertz CT molecular complexity index is 480. The van der Waals surface area contributed by atoms with E-state index < -0.39 is 38.6 Å². The second kappa shape index (κ2) is 18.6. The molecule has 0 fully saturated rings. The zero-order valence-electron chi connectivity index (χ0n) is 11.4. The summed E-state index contributed by atoms with van der Waals surface area (Å²) in [6.07, 6.45) is 0. The molecule has 0 heterocycles. The Morgan fingerprint density at radius 2 is 1.12 bits per heavy atom. The maximum absolute atomic E-state index is 9.29. The van der Waals surface area contributed by atoms with E-state index in [0.717, 1.165) is 5.56 Å². The first-order valence-electron chi connectivity index (χ1n) is 5.13. The molecule has 0 aliphatic heterocycles. The van der Waals surface area contributed by atoms with Crippen molar-refractivity contribution >= 4 is 44.6 Å². The summed E-state index contributed by atoms with van der Waals surface area (Å²) in [5.74, 6) is 0. The topological polar surface area (TPSA) is 199 Å². The summed E-state index contributed by atoms with van der Waals surface area (Å²) in [6, 6.07) is 9.10. The number of hydrogen-bond donors (Lipinski definition) is 1. The SMILES string of the molecule is O=[PH]([O-])O[PH](=O)[O-].O=[PH]([O-])O[PH](=O)[O-].OC(Cl)c1ccccc1.[Ti+4]. The fraction of sp³-hybridized carbons (Fsp3) is 0.143. The van der Waals surface area contributed by atoms with Crippen LogP contribution in [0.5, 0.6) is 0 Å². The first-order chi connectivity index (χ1) is 10.6. The fourth-order valence-corrected chi connectivity index (χ4v) is 1.98. The van der Waals surface area contributed by atoms with Crippen LogP contribution in [0.3, 0.4) is 0 Å². The van der Waals surface area contributed by atoms with Crippen LogP contribution < -0.4 is 19.6 Å². The van der Waals surface area contributed by atoms with Crippen LogP contribution in [0.4, 0.5) is 0 Å². The van der Waals surface area contributed by atoms with Gasteiger partial charge in [-0.3, -0.25) is 8.62 Å². The van der Waals surface area contributed by atoms with Gasteiger partial charge in [0.05, 0.1) is 0 Å². The normalized spacial score (nSPS) is 15.8. The molecule has 0 aromatic heterocycles. The monoisotopic (exact) mass is 478 g/mol. The average molecular weight is 478 g/mol. The Balaban J connectivity index is -0.000000274. The van der Waals surface area contributed by atoms with Crippen LogP contribution in [0.2, 0.25) is 0 Å². The van der Waals surface area contributed by atoms with Gasteiger partial charge in [0.15, 0.2) is 5.56 Å². The maximum atomic E-state index is 9.29. The maximum Gasteiger partial charge on any atom is 4.00 e. The van der Waals surface area contributed by atoms with E-state index in [4.69, 9.17) is 16.7 Å². The third-order valence-electron chi connectivity index (χ3n) is 1.41. The van der Waals surface area contributed by atoms with Crippen LogP contribution in [-0.4, -0.2) is 5.11 Å². The molecule has 0 spiro atoms. The molecule has 0 radical (unpaired) electrons. The average Bonchev–Trinajstić information content (AvgIpc) is 2.37. The van der Waals surface area contributed by atoms with Gasteiger partial charge in [0.1, 0.15) is 33.0 Å². The Hall–Kier alpha value is 0.864. The molecular weight excluding hydrogens is 467 g/mol. The van der Waals surface area contributed by atoms with E-state index in [2.05, 4.69) is 8.62 Å². The van der Waals surface area contributed by atoms with Gasteiger partial charge in [-0.15, -0.1) is 0 Å². The van der Waals surface area contributed by atoms with E-state index in [1.165, 1.54) is 0 Å². The molecule has 0 saturated carbocycles. The van der Waals surface area contributed by atoms with Crippen molar-refractivity contribution in [2.75, 3.05) is 0 Å². The molecule has 1 rings (SSSR count). The fourth-order valence-electron chi connectivity index (χ4n) is 0.748. The molecule has 0 bridgehead atoms. The van der Waals surface area contributed by atoms with Crippen LogP contribution in [0.15, 0.2) is 30.3 Å². The first kappa shape index (κ1) is 29.6. The molecule has 1 N–H and O–H groups in total. The Morgan fingerprint density at radius 1 is 0.833 bits per heavy atom. The number of halogens is 1. The summed E-state index contributed by atoms with van der Waals surface area (Å²) in [6.45, 7) is 0. The molecule has 1 aromatic rings. The van der Waals surface area contributed by atoms with Gasteiger partial charge in [-0.1, -0.05) is 41.9 Å². The number of hydrogen-bond acceptors (Lipinski definition) is 11. The summed E-state index contributed by atoms with van der Waals surface area (Å²) < 4.78 is 43.6. The molecule has 1 aromatic carbocycles. The van der Waals surface area contributed by atoms with Crippen molar-refractivity contribution in [2.45, 2.75) is 5.56 Å². The predicted molar refractivity (Wildman–Crippen MR) is 75.4 cm³/mol. The van der Waals surface area contributed by atoms with E-state index in [1.54, 1.807) is 12.1 Å². The van der Waals surface area contributed by atoms with Crippen LogP contribution in [0.25, 0.3) is 0 Å². The molecule has 24 heavy (non-hydrogen) atoms. The number of rotatable bonds is 5. The minimum absolute atomic E-state index is 0. The van der Waals surface area contributed by atoms with E-state index in [1.807, 2.05) is 18.2 Å². The molecule has 0 aliphatic rings. The van der Waals surface area contributed by atoms with Gasteiger partial charge in [-0.2, -0.15) is 0 Å². The zero-order chi connectivity index (χ0) is 18.4. The molecule has 5 atom stereocenters. The number of aliphatic hydroxyl groups excluding tert-OH is 1. The summed E-state index contributed by atoms with van der Waals surface area (Å²) >= 11 is 5.36. The van der Waals surface area contributed by atoms with E-state index >= 15 is 0 Å². The molecular formula is C7H11ClO11P4Ti. The van der Waals surface area contributed by atoms with E-state index in [9.17, 15) is 37.8 Å². The van der Waals surface area contributed by atoms with Crippen molar-refractivity contribution < 1.29 is 73.3 Å². The van der Waals surface area contributed by atoms with Gasteiger partial charge in [-0.05, 0) is 5.56 Å². The van der Waals surface area contributed by atoms with Gasteiger partial charge in [0, 0.05) is 0 Å². The standard InChI is InChI=1S/C7H7ClO.2H4O5P2.Ti/c8-7(9)6-4-2-1-3-5-6;2*1-6(2)5-7(3)4;/h1-5,7,9H;2*6-7H,(H,1,2)(H,3,4);/q;;;+4/p-4. The Morgan fingerprint density at radius 3 is 1.25 bits per heavy atom. The van der Waals surface area contributed by atoms with E-state index in [0.29, 0.717) is 0 Å². The second-order valence-electron chi connectivity index (χ2n) is 2.95. The predicted octanol–water partition coefficient (Wildman–Crippen LogP) is -1.08. The van der Waals surface area contributed by atoms with E-state index in [-0.39, 0.29) is 21.7 Å². The molecule has 0 aliphatic carbocycles. The van der Waals surface area contributed by atoms with Crippen molar-refractivity contribution in [3.8, 4) is 0 Å². The molecule has 17 heteroatoms. The summed E-state index contributed by atoms with van der Waals surface area (Å²) in [5, 5.41) is 8.79. The van der Waals surface area contributed by atoms with Crippen LogP contribution >= 0.6 is 44.6 Å². The molecule has 11 nitrogen and oxygen atoms in total. The summed E-state index contributed by atoms with van der Waals surface area (Å²) in [7, 11) is -14.1. The minimum Gasteiger partial charge on any atom is -0.781 e. The van der Waals surface area contributed by atoms with Crippen LogP contribution in [0, 0.1) is 0 Å². The van der Waals surface area contributed by atoms with Crippen molar-refractivity contribution in [3.63, 3.8) is 0 Å². The molecule has 0 saturated heterocycles. The smallest absolute Gasteiger partial charge is 0.781 e. The van der Waals surface area contributed by atoms with Crippen molar-refractivity contribution in [3.05, 3.63) is 35.9 Å². The summed E-state index contributed by atoms with van der Waals surface area (Å²) in [5.41, 5.74) is -0.134. The first-order valence-corrected chi connectivity index (χ1v) is 10.5. The van der Waals surface area contributed by atoms with Crippen LogP contribution in [-0.2, 0) is 48.6 Å². The minimum atomic E-state index is -3.51. The third kappa shape index (κ3) is 25.1. The summed E-state index contributed by atoms with van der Waals surface area (Å²) in [4.78, 5) is 37.1. The molecule has 5 unspecified atom stereocenters. The van der Waals surface area contributed by atoms with Crippen molar-refractivity contribution in [1.82, 2.24) is 0 Å². The van der Waals surface area contributed by atoms with Gasteiger partial charge < -0.3 is 42.9 Å².